The Morgan fingerprint density at radius 3 is 2.72 bits per heavy atom. The average Bonchev–Trinajstić information content (AvgIpc) is 2.61. The van der Waals surface area contributed by atoms with Gasteiger partial charge in [-0.2, -0.15) is 0 Å². The highest BCUT2D eigenvalue weighted by atomic mass is 32.2. The van der Waals surface area contributed by atoms with Gasteiger partial charge in [-0.3, -0.25) is 14.9 Å². The maximum atomic E-state index is 11.9. The molecular formula is C18H27NO4S2. The lowest BCUT2D eigenvalue weighted by Crippen LogP contribution is -2.14. The lowest BCUT2D eigenvalue weighted by Gasteiger charge is -2.14. The monoisotopic (exact) mass is 385 g/mol. The molecule has 0 heterocycles. The zero-order valence-corrected chi connectivity index (χ0v) is 16.8. The number of carbonyl (C=O) groups excluding carboxylic acids is 1. The lowest BCUT2D eigenvalue weighted by atomic mass is 10.0. The highest BCUT2D eigenvalue weighted by Gasteiger charge is 2.14. The Hall–Kier alpha value is -1.21. The van der Waals surface area contributed by atoms with Crippen molar-refractivity contribution >= 4 is 35.2 Å². The Labute approximate surface area is 158 Å². The summed E-state index contributed by atoms with van der Waals surface area (Å²) in [6.45, 7) is 4.80. The number of nitro benzene ring substituents is 1. The third kappa shape index (κ3) is 8.14. The van der Waals surface area contributed by atoms with Crippen molar-refractivity contribution in [3.63, 3.8) is 0 Å². The number of carbonyl (C=O) groups is 1. The van der Waals surface area contributed by atoms with E-state index in [2.05, 4.69) is 13.8 Å². The van der Waals surface area contributed by atoms with E-state index >= 15 is 0 Å². The fourth-order valence-corrected chi connectivity index (χ4v) is 3.87. The topological polar surface area (TPSA) is 69.4 Å². The smallest absolute Gasteiger partial charge is 0.306 e. The fraction of sp³-hybridized carbons (Fsp3) is 0.611. The van der Waals surface area contributed by atoms with Crippen LogP contribution < -0.4 is 0 Å². The minimum atomic E-state index is -0.375. The summed E-state index contributed by atoms with van der Waals surface area (Å²) in [4.78, 5) is 24.0. The Morgan fingerprint density at radius 1 is 1.36 bits per heavy atom. The summed E-state index contributed by atoms with van der Waals surface area (Å²) in [5, 5.41) is 10.9. The molecule has 0 N–H and O–H groups in total. The van der Waals surface area contributed by atoms with E-state index in [9.17, 15) is 14.9 Å². The molecule has 1 rings (SSSR count). The molecule has 1 aromatic carbocycles. The minimum Gasteiger partial charge on any atom is -0.465 e. The van der Waals surface area contributed by atoms with Gasteiger partial charge in [0, 0.05) is 16.7 Å². The van der Waals surface area contributed by atoms with Crippen LogP contribution in [0.25, 0.3) is 0 Å². The molecule has 0 saturated heterocycles. The number of unbranched alkanes of at least 4 members (excludes halogenated alkanes) is 1. The molecular weight excluding hydrogens is 358 g/mol. The van der Waals surface area contributed by atoms with E-state index in [1.54, 1.807) is 12.1 Å². The van der Waals surface area contributed by atoms with Gasteiger partial charge in [0.25, 0.3) is 5.69 Å². The highest BCUT2D eigenvalue weighted by Crippen LogP contribution is 2.32. The Morgan fingerprint density at radius 2 is 2.12 bits per heavy atom. The van der Waals surface area contributed by atoms with Crippen molar-refractivity contribution in [1.82, 2.24) is 0 Å². The lowest BCUT2D eigenvalue weighted by molar-refractivity contribution is -0.387. The van der Waals surface area contributed by atoms with Crippen molar-refractivity contribution in [2.24, 2.45) is 5.92 Å². The summed E-state index contributed by atoms with van der Waals surface area (Å²) in [6, 6.07) is 5.05. The van der Waals surface area contributed by atoms with Crippen molar-refractivity contribution in [2.75, 3.05) is 18.6 Å². The second-order valence-corrected chi connectivity index (χ2v) is 7.81. The van der Waals surface area contributed by atoms with Crippen molar-refractivity contribution in [3.05, 3.63) is 28.3 Å². The normalized spacial score (nSPS) is 12.0. The Kier molecular flexibility index (Phi) is 10.6. The van der Waals surface area contributed by atoms with Crippen LogP contribution in [-0.2, 0) is 9.53 Å². The first-order valence-electron chi connectivity index (χ1n) is 8.62. The van der Waals surface area contributed by atoms with Crippen molar-refractivity contribution < 1.29 is 14.5 Å². The standard InChI is InChI=1S/C18H27NO4S2/c1-4-6-7-14(5-2)13-23-18(20)10-11-25-15-8-9-16(19(21)22)17(12-15)24-3/h8-9,12,14H,4-7,10-11,13H2,1-3H3. The quantitative estimate of drug-likeness (QED) is 0.203. The number of nitro groups is 1. The number of benzene rings is 1. The van der Waals surface area contributed by atoms with E-state index < -0.39 is 0 Å². The molecule has 0 saturated carbocycles. The Balaban J connectivity index is 2.39. The molecule has 7 heteroatoms. The number of hydrogen-bond acceptors (Lipinski definition) is 6. The molecule has 25 heavy (non-hydrogen) atoms. The molecule has 0 aliphatic heterocycles. The molecule has 0 spiro atoms. The first kappa shape index (κ1) is 21.8. The van der Waals surface area contributed by atoms with Gasteiger partial charge in [-0.05, 0) is 30.7 Å². The summed E-state index contributed by atoms with van der Waals surface area (Å²) in [6.07, 6.45) is 6.63. The van der Waals surface area contributed by atoms with Crippen LogP contribution in [0.1, 0.15) is 46.0 Å². The van der Waals surface area contributed by atoms with Crippen LogP contribution in [0.4, 0.5) is 5.69 Å². The summed E-state index contributed by atoms with van der Waals surface area (Å²) < 4.78 is 5.38. The molecule has 1 atom stereocenters. The molecule has 0 fully saturated rings. The Bertz CT molecular complexity index is 566. The van der Waals surface area contributed by atoms with E-state index in [0.717, 1.165) is 24.2 Å². The fourth-order valence-electron chi connectivity index (χ4n) is 2.33. The molecule has 0 radical (unpaired) electrons. The third-order valence-electron chi connectivity index (χ3n) is 3.95. The number of ether oxygens (including phenoxy) is 1. The molecule has 0 aromatic heterocycles. The molecule has 140 valence electrons. The highest BCUT2D eigenvalue weighted by molar-refractivity contribution is 7.99. The van der Waals surface area contributed by atoms with E-state index in [1.165, 1.54) is 36.0 Å². The minimum absolute atomic E-state index is 0.119. The molecule has 0 amide bonds. The predicted molar refractivity (Wildman–Crippen MR) is 104 cm³/mol. The summed E-state index contributed by atoms with van der Waals surface area (Å²) in [5.41, 5.74) is 0.119. The van der Waals surface area contributed by atoms with Crippen molar-refractivity contribution in [2.45, 2.75) is 55.7 Å². The number of esters is 1. The second kappa shape index (κ2) is 12.2. The molecule has 0 aliphatic rings. The third-order valence-corrected chi connectivity index (χ3v) is 5.71. The predicted octanol–water partition coefficient (Wildman–Crippen LogP) is 5.56. The van der Waals surface area contributed by atoms with Gasteiger partial charge < -0.3 is 4.74 Å². The van der Waals surface area contributed by atoms with E-state index in [1.807, 2.05) is 6.26 Å². The largest absolute Gasteiger partial charge is 0.465 e. The number of rotatable bonds is 12. The zero-order chi connectivity index (χ0) is 18.7. The van der Waals surface area contributed by atoms with E-state index in [-0.39, 0.29) is 16.6 Å². The number of hydrogen-bond donors (Lipinski definition) is 0. The molecule has 5 nitrogen and oxygen atoms in total. The van der Waals surface area contributed by atoms with E-state index in [0.29, 0.717) is 29.6 Å². The maximum Gasteiger partial charge on any atom is 0.306 e. The van der Waals surface area contributed by atoms with Crippen LogP contribution in [0.2, 0.25) is 0 Å². The van der Waals surface area contributed by atoms with Crippen LogP contribution >= 0.6 is 23.5 Å². The second-order valence-electron chi connectivity index (χ2n) is 5.79. The summed E-state index contributed by atoms with van der Waals surface area (Å²) in [7, 11) is 0. The van der Waals surface area contributed by atoms with Crippen LogP contribution in [-0.4, -0.2) is 29.5 Å². The number of nitrogens with zero attached hydrogens (tertiary/aromatic N) is 1. The number of thioether (sulfide) groups is 2. The summed E-state index contributed by atoms with van der Waals surface area (Å²) in [5.74, 6) is 0.890. The molecule has 0 aliphatic carbocycles. The zero-order valence-electron chi connectivity index (χ0n) is 15.2. The van der Waals surface area contributed by atoms with Crippen LogP contribution in [0.5, 0.6) is 0 Å². The average molecular weight is 386 g/mol. The van der Waals surface area contributed by atoms with Gasteiger partial charge in [0.05, 0.1) is 22.8 Å². The van der Waals surface area contributed by atoms with Crippen molar-refractivity contribution in [1.29, 1.82) is 0 Å². The van der Waals surface area contributed by atoms with E-state index in [4.69, 9.17) is 4.74 Å². The van der Waals surface area contributed by atoms with Crippen LogP contribution in [0.15, 0.2) is 28.0 Å². The maximum absolute atomic E-state index is 11.9. The molecule has 0 bridgehead atoms. The molecule has 1 unspecified atom stereocenters. The molecule has 1 aromatic rings. The van der Waals surface area contributed by atoms with Gasteiger partial charge in [0.1, 0.15) is 0 Å². The first-order valence-corrected chi connectivity index (χ1v) is 10.8. The van der Waals surface area contributed by atoms with Gasteiger partial charge in [0.2, 0.25) is 0 Å². The van der Waals surface area contributed by atoms with Crippen LogP contribution in [0.3, 0.4) is 0 Å². The van der Waals surface area contributed by atoms with Gasteiger partial charge >= 0.3 is 5.97 Å². The summed E-state index contributed by atoms with van der Waals surface area (Å²) >= 11 is 2.87. The first-order chi connectivity index (χ1) is 12.0. The van der Waals surface area contributed by atoms with Gasteiger partial charge in [-0.15, -0.1) is 23.5 Å². The van der Waals surface area contributed by atoms with Crippen molar-refractivity contribution in [3.8, 4) is 0 Å². The van der Waals surface area contributed by atoms with Gasteiger partial charge in [-0.1, -0.05) is 33.1 Å². The van der Waals surface area contributed by atoms with Gasteiger partial charge in [-0.25, -0.2) is 0 Å². The SMILES string of the molecule is CCCCC(CC)COC(=O)CCSc1ccc([N+](=O)[O-])c(SC)c1. The van der Waals surface area contributed by atoms with Gasteiger partial charge in [0.15, 0.2) is 0 Å². The van der Waals surface area contributed by atoms with Crippen LogP contribution in [0, 0.1) is 16.0 Å².